The van der Waals surface area contributed by atoms with Crippen LogP contribution in [0.1, 0.15) is 6.42 Å². The molecule has 5 rings (SSSR count). The molecule has 24 heavy (non-hydrogen) atoms. The summed E-state index contributed by atoms with van der Waals surface area (Å²) in [6, 6.07) is 13.2. The Hall–Kier alpha value is -2.34. The van der Waals surface area contributed by atoms with Crippen LogP contribution in [0.3, 0.4) is 0 Å². The van der Waals surface area contributed by atoms with Crippen LogP contribution in [0.5, 0.6) is 0 Å². The molecule has 6 heteroatoms. The van der Waals surface area contributed by atoms with E-state index in [1.54, 1.807) is 4.90 Å². The summed E-state index contributed by atoms with van der Waals surface area (Å²) in [7, 11) is -3.05. The van der Waals surface area contributed by atoms with Crippen molar-refractivity contribution < 1.29 is 17.6 Å². The number of carbonyl (C=O) groups is 1. The van der Waals surface area contributed by atoms with Gasteiger partial charge in [0, 0.05) is 28.8 Å². The normalized spacial score (nSPS) is 25.7. The summed E-state index contributed by atoms with van der Waals surface area (Å²) in [6.07, 6.45) is 0.314. The predicted octanol–water partition coefficient (Wildman–Crippen LogP) is 2.74. The number of hydrogen-bond donors (Lipinski definition) is 0. The van der Waals surface area contributed by atoms with Crippen molar-refractivity contribution in [3.05, 3.63) is 42.5 Å². The van der Waals surface area contributed by atoms with E-state index in [-0.39, 0.29) is 29.4 Å². The predicted molar refractivity (Wildman–Crippen MR) is 91.8 cm³/mol. The van der Waals surface area contributed by atoms with E-state index in [1.165, 1.54) is 0 Å². The standard InChI is InChI=1S/C18H15NO4S/c20-18-7-11-9-24(21,22)10-15(11)19(18)12-5-6-17-14(8-12)13-3-1-2-4-16(13)23-17/h1-6,8,11,15H,7,9-10H2/t11-,15+/m0/s1. The van der Waals surface area contributed by atoms with E-state index in [9.17, 15) is 13.2 Å². The first-order valence-corrected chi connectivity index (χ1v) is 9.78. The third-order valence-corrected chi connectivity index (χ3v) is 6.90. The first kappa shape index (κ1) is 14.0. The second-order valence-corrected chi connectivity index (χ2v) is 8.80. The minimum absolute atomic E-state index is 0.00653. The lowest BCUT2D eigenvalue weighted by Crippen LogP contribution is -2.36. The van der Waals surface area contributed by atoms with Gasteiger partial charge in [0.2, 0.25) is 5.91 Å². The van der Waals surface area contributed by atoms with E-state index in [1.807, 2.05) is 42.5 Å². The molecule has 1 aromatic heterocycles. The molecule has 2 saturated heterocycles. The maximum absolute atomic E-state index is 12.4. The Balaban J connectivity index is 1.66. The molecule has 0 spiro atoms. The van der Waals surface area contributed by atoms with Crippen LogP contribution in [-0.2, 0) is 14.6 Å². The lowest BCUT2D eigenvalue weighted by atomic mass is 10.0. The maximum Gasteiger partial charge on any atom is 0.227 e. The topological polar surface area (TPSA) is 67.6 Å². The van der Waals surface area contributed by atoms with Crippen LogP contribution in [0, 0.1) is 5.92 Å². The van der Waals surface area contributed by atoms with Gasteiger partial charge in [-0.25, -0.2) is 8.42 Å². The highest BCUT2D eigenvalue weighted by Crippen LogP contribution is 2.39. The number of fused-ring (bicyclic) bond motifs is 4. The fourth-order valence-corrected chi connectivity index (χ4v) is 6.16. The fraction of sp³-hybridized carbons (Fsp3) is 0.278. The zero-order valence-corrected chi connectivity index (χ0v) is 13.6. The van der Waals surface area contributed by atoms with Gasteiger partial charge < -0.3 is 9.32 Å². The van der Waals surface area contributed by atoms with Crippen molar-refractivity contribution in [1.82, 2.24) is 0 Å². The van der Waals surface area contributed by atoms with Crippen LogP contribution in [0.15, 0.2) is 46.9 Å². The molecule has 0 bridgehead atoms. The molecule has 0 radical (unpaired) electrons. The maximum atomic E-state index is 12.4. The number of benzene rings is 2. The number of carbonyl (C=O) groups excluding carboxylic acids is 1. The average molecular weight is 341 g/mol. The van der Waals surface area contributed by atoms with Crippen LogP contribution in [0.25, 0.3) is 21.9 Å². The van der Waals surface area contributed by atoms with Crippen molar-refractivity contribution in [2.24, 2.45) is 5.92 Å². The molecule has 0 N–H and O–H groups in total. The highest BCUT2D eigenvalue weighted by Gasteiger charge is 2.49. The third-order valence-electron chi connectivity index (χ3n) is 5.11. The largest absolute Gasteiger partial charge is 0.456 e. The van der Waals surface area contributed by atoms with Crippen molar-refractivity contribution in [2.75, 3.05) is 16.4 Å². The monoisotopic (exact) mass is 341 g/mol. The van der Waals surface area contributed by atoms with Crippen molar-refractivity contribution in [3.63, 3.8) is 0 Å². The number of para-hydroxylation sites is 1. The Morgan fingerprint density at radius 3 is 2.67 bits per heavy atom. The van der Waals surface area contributed by atoms with Crippen LogP contribution in [0.4, 0.5) is 5.69 Å². The lowest BCUT2D eigenvalue weighted by molar-refractivity contribution is -0.117. The molecule has 122 valence electrons. The van der Waals surface area contributed by atoms with Gasteiger partial charge in [-0.15, -0.1) is 0 Å². The zero-order valence-electron chi connectivity index (χ0n) is 12.8. The van der Waals surface area contributed by atoms with E-state index in [0.29, 0.717) is 6.42 Å². The van der Waals surface area contributed by atoms with E-state index in [2.05, 4.69) is 0 Å². The molecule has 1 amide bonds. The number of furan rings is 1. The molecule has 0 saturated carbocycles. The SMILES string of the molecule is O=C1C[C@H]2CS(=O)(=O)C[C@H]2N1c1ccc2oc3ccccc3c2c1. The van der Waals surface area contributed by atoms with Gasteiger partial charge in [0.15, 0.2) is 9.84 Å². The Morgan fingerprint density at radius 1 is 1.00 bits per heavy atom. The second kappa shape index (κ2) is 4.60. The summed E-state index contributed by atoms with van der Waals surface area (Å²) in [4.78, 5) is 14.1. The van der Waals surface area contributed by atoms with E-state index >= 15 is 0 Å². The fourth-order valence-electron chi connectivity index (χ4n) is 4.09. The molecular formula is C18H15NO4S. The number of anilines is 1. The molecule has 2 aliphatic rings. The van der Waals surface area contributed by atoms with Crippen LogP contribution in [-0.4, -0.2) is 31.9 Å². The summed E-state index contributed by atoms with van der Waals surface area (Å²) in [5, 5.41) is 1.94. The molecule has 3 heterocycles. The summed E-state index contributed by atoms with van der Waals surface area (Å²) in [5.41, 5.74) is 2.32. The molecule has 0 aliphatic carbocycles. The highest BCUT2D eigenvalue weighted by molar-refractivity contribution is 7.91. The van der Waals surface area contributed by atoms with Crippen LogP contribution in [0.2, 0.25) is 0 Å². The number of nitrogens with zero attached hydrogens (tertiary/aromatic N) is 1. The molecule has 2 fully saturated rings. The zero-order chi connectivity index (χ0) is 16.5. The second-order valence-electron chi connectivity index (χ2n) is 6.65. The van der Waals surface area contributed by atoms with Crippen molar-refractivity contribution >= 4 is 43.4 Å². The number of amides is 1. The minimum Gasteiger partial charge on any atom is -0.456 e. The van der Waals surface area contributed by atoms with E-state index in [4.69, 9.17) is 4.42 Å². The highest BCUT2D eigenvalue weighted by atomic mass is 32.2. The summed E-state index contributed by atoms with van der Waals surface area (Å²) >= 11 is 0. The summed E-state index contributed by atoms with van der Waals surface area (Å²) in [6.45, 7) is 0. The number of sulfone groups is 1. The van der Waals surface area contributed by atoms with E-state index in [0.717, 1.165) is 27.6 Å². The van der Waals surface area contributed by atoms with Gasteiger partial charge in [0.05, 0.1) is 17.5 Å². The van der Waals surface area contributed by atoms with Gasteiger partial charge >= 0.3 is 0 Å². The van der Waals surface area contributed by atoms with Crippen LogP contribution < -0.4 is 4.90 Å². The lowest BCUT2D eigenvalue weighted by Gasteiger charge is -2.23. The third kappa shape index (κ3) is 1.92. The summed E-state index contributed by atoms with van der Waals surface area (Å²) < 4.78 is 29.7. The van der Waals surface area contributed by atoms with Gasteiger partial charge in [0.1, 0.15) is 11.2 Å². The Labute approximate surface area is 138 Å². The number of hydrogen-bond acceptors (Lipinski definition) is 4. The van der Waals surface area contributed by atoms with Crippen molar-refractivity contribution in [1.29, 1.82) is 0 Å². The Kier molecular flexibility index (Phi) is 2.69. The first-order chi connectivity index (χ1) is 11.5. The van der Waals surface area contributed by atoms with Gasteiger partial charge in [-0.3, -0.25) is 4.79 Å². The van der Waals surface area contributed by atoms with Gasteiger partial charge in [-0.1, -0.05) is 18.2 Å². The van der Waals surface area contributed by atoms with Gasteiger partial charge in [0.25, 0.3) is 0 Å². The van der Waals surface area contributed by atoms with Crippen LogP contribution >= 0.6 is 0 Å². The molecule has 5 nitrogen and oxygen atoms in total. The van der Waals surface area contributed by atoms with E-state index < -0.39 is 9.84 Å². The molecule has 3 aromatic rings. The first-order valence-electron chi connectivity index (χ1n) is 7.96. The average Bonchev–Trinajstić information content (AvgIpc) is 3.13. The molecule has 2 aromatic carbocycles. The summed E-state index contributed by atoms with van der Waals surface area (Å²) in [5.74, 6) is 0.107. The molecule has 2 atom stereocenters. The van der Waals surface area contributed by atoms with Gasteiger partial charge in [-0.2, -0.15) is 0 Å². The molecule has 2 aliphatic heterocycles. The van der Waals surface area contributed by atoms with Gasteiger partial charge in [-0.05, 0) is 24.3 Å². The minimum atomic E-state index is -3.05. The quantitative estimate of drug-likeness (QED) is 0.682. The smallest absolute Gasteiger partial charge is 0.227 e. The van der Waals surface area contributed by atoms with Crippen molar-refractivity contribution in [3.8, 4) is 0 Å². The molecular weight excluding hydrogens is 326 g/mol. The Morgan fingerprint density at radius 2 is 1.79 bits per heavy atom. The number of rotatable bonds is 1. The Bertz CT molecular complexity index is 1100. The molecule has 0 unspecified atom stereocenters. The van der Waals surface area contributed by atoms with Crippen molar-refractivity contribution in [2.45, 2.75) is 12.5 Å².